The maximum atomic E-state index is 12.8. The van der Waals surface area contributed by atoms with E-state index in [0.29, 0.717) is 11.1 Å². The van der Waals surface area contributed by atoms with Gasteiger partial charge in [0, 0.05) is 16.7 Å². The summed E-state index contributed by atoms with van der Waals surface area (Å²) in [7, 11) is 0. The van der Waals surface area contributed by atoms with Crippen molar-refractivity contribution < 1.29 is 9.59 Å². The van der Waals surface area contributed by atoms with Crippen molar-refractivity contribution in [1.29, 1.82) is 0 Å². The number of hydrogen-bond acceptors (Lipinski definition) is 2. The zero-order chi connectivity index (χ0) is 18.0. The molecule has 126 valence electrons. The minimum absolute atomic E-state index is 0.207. The summed E-state index contributed by atoms with van der Waals surface area (Å²) in [6.07, 6.45) is 1.69. The van der Waals surface area contributed by atoms with Gasteiger partial charge in [0.2, 0.25) is 0 Å². The van der Waals surface area contributed by atoms with Crippen LogP contribution in [0.15, 0.2) is 48.5 Å². The molecule has 2 aromatic rings. The third-order valence-corrected chi connectivity index (χ3v) is 4.48. The first-order valence-corrected chi connectivity index (χ1v) is 8.54. The Kier molecular flexibility index (Phi) is 4.46. The molecule has 25 heavy (non-hydrogen) atoms. The summed E-state index contributed by atoms with van der Waals surface area (Å²) >= 11 is 0. The number of nitrogens with zero attached hydrogens (tertiary/aromatic N) is 1. The predicted molar refractivity (Wildman–Crippen MR) is 98.4 cm³/mol. The molecule has 3 nitrogen and oxygen atoms in total. The van der Waals surface area contributed by atoms with Gasteiger partial charge in [-0.05, 0) is 50.6 Å². The largest absolute Gasteiger partial charge is 0.269 e. The Morgan fingerprint density at radius 2 is 1.52 bits per heavy atom. The Morgan fingerprint density at radius 3 is 2.20 bits per heavy atom. The topological polar surface area (TPSA) is 37.4 Å². The molecule has 1 aliphatic heterocycles. The summed E-state index contributed by atoms with van der Waals surface area (Å²) in [6, 6.07) is 14.9. The molecule has 0 saturated carbocycles. The molecule has 2 aromatic carbocycles. The summed E-state index contributed by atoms with van der Waals surface area (Å²) in [4.78, 5) is 26.9. The highest BCUT2D eigenvalue weighted by Gasteiger charge is 2.43. The van der Waals surface area contributed by atoms with Gasteiger partial charge in [-0.2, -0.15) is 0 Å². The van der Waals surface area contributed by atoms with E-state index >= 15 is 0 Å². The summed E-state index contributed by atoms with van der Waals surface area (Å²) in [5.74, 6) is 5.72. The Morgan fingerprint density at radius 1 is 0.880 bits per heavy atom. The number of fused-ring (bicyclic) bond motifs is 1. The van der Waals surface area contributed by atoms with Gasteiger partial charge in [0.15, 0.2) is 0 Å². The highest BCUT2D eigenvalue weighted by molar-refractivity contribution is 6.22. The fourth-order valence-corrected chi connectivity index (χ4v) is 3.26. The van der Waals surface area contributed by atoms with E-state index in [1.165, 1.54) is 4.90 Å². The van der Waals surface area contributed by atoms with Gasteiger partial charge in [0.1, 0.15) is 0 Å². The number of rotatable bonds is 3. The molecule has 1 aliphatic rings. The minimum atomic E-state index is -0.488. The maximum Gasteiger partial charge on any atom is 0.262 e. The smallest absolute Gasteiger partial charge is 0.262 e. The van der Waals surface area contributed by atoms with E-state index in [1.54, 1.807) is 18.2 Å². The quantitative estimate of drug-likeness (QED) is 0.622. The van der Waals surface area contributed by atoms with E-state index in [2.05, 4.69) is 18.8 Å². The molecular formula is C22H21NO2. The molecule has 0 bridgehead atoms. The van der Waals surface area contributed by atoms with Crippen molar-refractivity contribution in [3.05, 3.63) is 70.8 Å². The average Bonchev–Trinajstić information content (AvgIpc) is 2.85. The lowest BCUT2D eigenvalue weighted by Gasteiger charge is -2.33. The van der Waals surface area contributed by atoms with Gasteiger partial charge in [-0.25, -0.2) is 0 Å². The SMILES string of the molecule is CCCC(C)(C)N1C(=O)c2ccc(C#Cc3ccccc3)cc2C1=O. The summed E-state index contributed by atoms with van der Waals surface area (Å²) in [5, 5.41) is 0. The number of carbonyl (C=O) groups excluding carboxylic acids is 2. The molecular weight excluding hydrogens is 310 g/mol. The Labute approximate surface area is 148 Å². The molecule has 0 atom stereocenters. The van der Waals surface area contributed by atoms with Gasteiger partial charge in [-0.15, -0.1) is 0 Å². The van der Waals surface area contributed by atoms with Crippen molar-refractivity contribution in [1.82, 2.24) is 4.90 Å². The molecule has 1 heterocycles. The lowest BCUT2D eigenvalue weighted by Crippen LogP contribution is -2.47. The Hall–Kier alpha value is -2.86. The molecule has 0 aliphatic carbocycles. The van der Waals surface area contributed by atoms with Crippen LogP contribution in [0.1, 0.15) is 65.5 Å². The van der Waals surface area contributed by atoms with Crippen molar-refractivity contribution in [2.45, 2.75) is 39.2 Å². The molecule has 3 rings (SSSR count). The zero-order valence-corrected chi connectivity index (χ0v) is 14.8. The molecule has 2 amide bonds. The molecule has 0 N–H and O–H groups in total. The van der Waals surface area contributed by atoms with Crippen LogP contribution in [-0.2, 0) is 0 Å². The zero-order valence-electron chi connectivity index (χ0n) is 14.8. The monoisotopic (exact) mass is 331 g/mol. The number of hydrogen-bond donors (Lipinski definition) is 0. The molecule has 3 heteroatoms. The summed E-state index contributed by atoms with van der Waals surface area (Å²) < 4.78 is 0. The van der Waals surface area contributed by atoms with E-state index in [0.717, 1.165) is 24.0 Å². The third kappa shape index (κ3) is 3.21. The number of carbonyl (C=O) groups is 2. The van der Waals surface area contributed by atoms with Crippen molar-refractivity contribution >= 4 is 11.8 Å². The van der Waals surface area contributed by atoms with Gasteiger partial charge in [-0.1, -0.05) is 43.4 Å². The number of benzene rings is 2. The second-order valence-corrected chi connectivity index (χ2v) is 6.88. The summed E-state index contributed by atoms with van der Waals surface area (Å²) in [5.41, 5.74) is 2.08. The van der Waals surface area contributed by atoms with Crippen molar-refractivity contribution in [2.75, 3.05) is 0 Å². The van der Waals surface area contributed by atoms with Crippen LogP contribution in [0.2, 0.25) is 0 Å². The van der Waals surface area contributed by atoms with E-state index in [1.807, 2.05) is 44.2 Å². The van der Waals surface area contributed by atoms with Crippen LogP contribution in [0, 0.1) is 11.8 Å². The summed E-state index contributed by atoms with van der Waals surface area (Å²) in [6.45, 7) is 5.93. The molecule has 0 aromatic heterocycles. The first-order valence-electron chi connectivity index (χ1n) is 8.54. The van der Waals surface area contributed by atoms with E-state index in [9.17, 15) is 9.59 Å². The highest BCUT2D eigenvalue weighted by Crippen LogP contribution is 2.32. The molecule has 0 spiro atoms. The van der Waals surface area contributed by atoms with E-state index in [-0.39, 0.29) is 11.8 Å². The molecule has 0 fully saturated rings. The second-order valence-electron chi connectivity index (χ2n) is 6.88. The van der Waals surface area contributed by atoms with E-state index in [4.69, 9.17) is 0 Å². The molecule has 0 unspecified atom stereocenters. The standard InChI is InChI=1S/C22H21NO2/c1-4-14-22(2,3)23-20(24)18-13-12-17(15-19(18)21(23)25)11-10-16-8-6-5-7-9-16/h5-9,12-13,15H,4,14H2,1-3H3. The normalized spacial score (nSPS) is 13.5. The lowest BCUT2D eigenvalue weighted by atomic mass is 9.96. The fraction of sp³-hybridized carbons (Fsp3) is 0.273. The van der Waals surface area contributed by atoms with Gasteiger partial charge in [0.25, 0.3) is 11.8 Å². The number of imide groups is 1. The minimum Gasteiger partial charge on any atom is -0.269 e. The van der Waals surface area contributed by atoms with E-state index < -0.39 is 5.54 Å². The van der Waals surface area contributed by atoms with Crippen LogP contribution < -0.4 is 0 Å². The van der Waals surface area contributed by atoms with Crippen LogP contribution in [0.5, 0.6) is 0 Å². The second kappa shape index (κ2) is 6.57. The predicted octanol–water partition coefficient (Wildman–Crippen LogP) is 4.26. The van der Waals surface area contributed by atoms with Crippen LogP contribution in [0.25, 0.3) is 0 Å². The molecule has 0 saturated heterocycles. The highest BCUT2D eigenvalue weighted by atomic mass is 16.2. The van der Waals surface area contributed by atoms with Gasteiger partial charge >= 0.3 is 0 Å². The van der Waals surface area contributed by atoms with Crippen molar-refractivity contribution in [3.8, 4) is 11.8 Å². The van der Waals surface area contributed by atoms with Gasteiger partial charge < -0.3 is 0 Å². The van der Waals surface area contributed by atoms with Crippen LogP contribution in [0.3, 0.4) is 0 Å². The maximum absolute atomic E-state index is 12.8. The van der Waals surface area contributed by atoms with Gasteiger partial charge in [0.05, 0.1) is 11.1 Å². The van der Waals surface area contributed by atoms with Gasteiger partial charge in [-0.3, -0.25) is 14.5 Å². The van der Waals surface area contributed by atoms with Crippen molar-refractivity contribution in [2.24, 2.45) is 0 Å². The third-order valence-electron chi connectivity index (χ3n) is 4.48. The molecule has 0 radical (unpaired) electrons. The van der Waals surface area contributed by atoms with Crippen LogP contribution in [0.4, 0.5) is 0 Å². The van der Waals surface area contributed by atoms with Crippen molar-refractivity contribution in [3.63, 3.8) is 0 Å². The van der Waals surface area contributed by atoms with Crippen LogP contribution >= 0.6 is 0 Å². The average molecular weight is 331 g/mol. The number of amides is 2. The fourth-order valence-electron chi connectivity index (χ4n) is 3.26. The first kappa shape index (κ1) is 17.0. The van der Waals surface area contributed by atoms with Crippen LogP contribution in [-0.4, -0.2) is 22.3 Å². The lowest BCUT2D eigenvalue weighted by molar-refractivity contribution is 0.0466. The Balaban J connectivity index is 1.94. The Bertz CT molecular complexity index is 885. The first-order chi connectivity index (χ1) is 11.9.